The monoisotopic (exact) mass is 432 g/mol. The van der Waals surface area contributed by atoms with Gasteiger partial charge in [0.1, 0.15) is 11.5 Å². The minimum Gasteiger partial charge on any atom is -0.457 e. The predicted molar refractivity (Wildman–Crippen MR) is 114 cm³/mol. The van der Waals surface area contributed by atoms with Crippen LogP contribution >= 0.6 is 47.2 Å². The second-order valence-electron chi connectivity index (χ2n) is 5.55. The minimum atomic E-state index is -0.211. The number of carbonyl (C=O) groups excluding carboxylic acids is 1. The van der Waals surface area contributed by atoms with Gasteiger partial charge < -0.3 is 4.42 Å². The van der Waals surface area contributed by atoms with Gasteiger partial charge in [-0.3, -0.25) is 14.7 Å². The van der Waals surface area contributed by atoms with Crippen LogP contribution in [0.1, 0.15) is 5.76 Å². The minimum absolute atomic E-state index is 0.211. The topological polar surface area (TPSA) is 46.3 Å². The summed E-state index contributed by atoms with van der Waals surface area (Å²) in [4.78, 5) is 18.7. The Bertz CT molecular complexity index is 1080. The number of hydrogen-bond donors (Lipinski definition) is 0. The van der Waals surface area contributed by atoms with Gasteiger partial charge in [0.25, 0.3) is 5.91 Å². The van der Waals surface area contributed by atoms with Crippen molar-refractivity contribution in [1.29, 1.82) is 0 Å². The number of rotatable bonds is 3. The molecule has 3 heterocycles. The maximum atomic E-state index is 12.7. The Balaban J connectivity index is 1.63. The molecule has 0 atom stereocenters. The first-order chi connectivity index (χ1) is 13.0. The van der Waals surface area contributed by atoms with Crippen molar-refractivity contribution in [2.75, 3.05) is 4.90 Å². The zero-order valence-electron chi connectivity index (χ0n) is 13.6. The fourth-order valence-electron chi connectivity index (χ4n) is 2.57. The van der Waals surface area contributed by atoms with E-state index >= 15 is 0 Å². The second kappa shape index (κ2) is 7.48. The zero-order chi connectivity index (χ0) is 19.0. The molecule has 0 radical (unpaired) electrons. The van der Waals surface area contributed by atoms with E-state index in [1.165, 1.54) is 16.7 Å². The lowest BCUT2D eigenvalue weighted by Gasteiger charge is -2.13. The standard InChI is InChI=1S/C19H10Cl2N2O2S2/c20-11-3-5-15(21)14(8-11)16-6-4-13(25-16)9-17-18(24)23(19(26)27-17)12-2-1-7-22-10-12/h1-10H/b17-9-. The number of aromatic nitrogens is 1. The molecule has 134 valence electrons. The van der Waals surface area contributed by atoms with Gasteiger partial charge in [0, 0.05) is 22.9 Å². The molecule has 0 bridgehead atoms. The average Bonchev–Trinajstić information content (AvgIpc) is 3.23. The van der Waals surface area contributed by atoms with Crippen molar-refractivity contribution in [3.63, 3.8) is 0 Å². The molecule has 1 saturated heterocycles. The Labute approximate surface area is 174 Å². The van der Waals surface area contributed by atoms with E-state index in [0.717, 1.165) is 0 Å². The normalized spacial score (nSPS) is 15.8. The van der Waals surface area contributed by atoms with Crippen molar-refractivity contribution in [2.24, 2.45) is 0 Å². The van der Waals surface area contributed by atoms with Gasteiger partial charge in [0.15, 0.2) is 4.32 Å². The lowest BCUT2D eigenvalue weighted by atomic mass is 10.2. The fraction of sp³-hybridized carbons (Fsp3) is 0. The highest BCUT2D eigenvalue weighted by Gasteiger charge is 2.33. The van der Waals surface area contributed by atoms with Crippen LogP contribution in [0, 0.1) is 0 Å². The molecule has 0 aliphatic carbocycles. The summed E-state index contributed by atoms with van der Waals surface area (Å²) in [7, 11) is 0. The fourth-order valence-corrected chi connectivity index (χ4v) is 4.23. The zero-order valence-corrected chi connectivity index (χ0v) is 16.7. The molecule has 0 N–H and O–H groups in total. The van der Waals surface area contributed by atoms with Crippen LogP contribution in [-0.2, 0) is 4.79 Å². The number of thioether (sulfide) groups is 1. The Hall–Kier alpha value is -2.12. The van der Waals surface area contributed by atoms with Gasteiger partial charge in [0.05, 0.1) is 21.8 Å². The highest BCUT2D eigenvalue weighted by Crippen LogP contribution is 2.37. The van der Waals surface area contributed by atoms with Gasteiger partial charge in [0.2, 0.25) is 0 Å². The third-order valence-corrected chi connectivity index (χ3v) is 5.66. The number of hydrogen-bond acceptors (Lipinski definition) is 5. The molecule has 0 saturated carbocycles. The SMILES string of the molecule is O=C1/C(=C/c2ccc(-c3cc(Cl)ccc3Cl)o2)SC(=S)N1c1cccnc1. The molecular weight excluding hydrogens is 423 g/mol. The van der Waals surface area contributed by atoms with E-state index in [0.29, 0.717) is 42.0 Å². The van der Waals surface area contributed by atoms with Gasteiger partial charge in [-0.05, 0) is 42.5 Å². The van der Waals surface area contributed by atoms with E-state index in [2.05, 4.69) is 4.98 Å². The summed E-state index contributed by atoms with van der Waals surface area (Å²) >= 11 is 18.8. The van der Waals surface area contributed by atoms with Crippen LogP contribution in [-0.4, -0.2) is 15.2 Å². The van der Waals surface area contributed by atoms with Crippen LogP contribution in [0.5, 0.6) is 0 Å². The van der Waals surface area contributed by atoms with E-state index in [1.807, 2.05) is 0 Å². The highest BCUT2D eigenvalue weighted by molar-refractivity contribution is 8.27. The first kappa shape index (κ1) is 18.3. The number of carbonyl (C=O) groups is 1. The van der Waals surface area contributed by atoms with Crippen molar-refractivity contribution in [1.82, 2.24) is 4.98 Å². The van der Waals surface area contributed by atoms with Crippen molar-refractivity contribution in [3.05, 3.63) is 75.6 Å². The highest BCUT2D eigenvalue weighted by atomic mass is 35.5. The summed E-state index contributed by atoms with van der Waals surface area (Å²) in [6.45, 7) is 0. The lowest BCUT2D eigenvalue weighted by Crippen LogP contribution is -2.27. The Morgan fingerprint density at radius 1 is 1.19 bits per heavy atom. The molecule has 8 heteroatoms. The number of pyridine rings is 1. The number of thiocarbonyl (C=S) groups is 1. The molecule has 1 aliphatic heterocycles. The molecule has 0 unspecified atom stereocenters. The quantitative estimate of drug-likeness (QED) is 0.372. The van der Waals surface area contributed by atoms with Gasteiger partial charge >= 0.3 is 0 Å². The molecule has 27 heavy (non-hydrogen) atoms. The van der Waals surface area contributed by atoms with E-state index in [4.69, 9.17) is 39.8 Å². The van der Waals surface area contributed by atoms with Crippen LogP contribution in [0.3, 0.4) is 0 Å². The number of nitrogens with zero attached hydrogens (tertiary/aromatic N) is 2. The molecule has 1 amide bonds. The van der Waals surface area contributed by atoms with Crippen LogP contribution < -0.4 is 4.90 Å². The number of benzene rings is 1. The van der Waals surface area contributed by atoms with E-state index in [9.17, 15) is 4.79 Å². The average molecular weight is 433 g/mol. The first-order valence-electron chi connectivity index (χ1n) is 7.76. The maximum Gasteiger partial charge on any atom is 0.270 e. The molecule has 1 aliphatic rings. The first-order valence-corrected chi connectivity index (χ1v) is 9.74. The molecule has 1 aromatic carbocycles. The lowest BCUT2D eigenvalue weighted by molar-refractivity contribution is -0.113. The summed E-state index contributed by atoms with van der Waals surface area (Å²) in [5.74, 6) is 0.876. The molecular formula is C19H10Cl2N2O2S2. The number of furan rings is 1. The predicted octanol–water partition coefficient (Wildman–Crippen LogP) is 6.05. The maximum absolute atomic E-state index is 12.7. The number of halogens is 2. The third kappa shape index (κ3) is 3.66. The molecule has 2 aromatic heterocycles. The smallest absolute Gasteiger partial charge is 0.270 e. The second-order valence-corrected chi connectivity index (χ2v) is 8.07. The van der Waals surface area contributed by atoms with Crippen molar-refractivity contribution in [2.45, 2.75) is 0 Å². The van der Waals surface area contributed by atoms with E-state index < -0.39 is 0 Å². The molecule has 1 fully saturated rings. The summed E-state index contributed by atoms with van der Waals surface area (Å²) in [6, 6.07) is 12.2. The van der Waals surface area contributed by atoms with E-state index in [-0.39, 0.29) is 5.91 Å². The van der Waals surface area contributed by atoms with E-state index in [1.54, 1.807) is 60.9 Å². The van der Waals surface area contributed by atoms with Gasteiger partial charge in [-0.25, -0.2) is 0 Å². The Kier molecular flexibility index (Phi) is 5.06. The molecule has 4 rings (SSSR count). The van der Waals surface area contributed by atoms with Gasteiger partial charge in [-0.1, -0.05) is 47.2 Å². The van der Waals surface area contributed by atoms with Gasteiger partial charge in [-0.15, -0.1) is 0 Å². The Morgan fingerprint density at radius 3 is 2.81 bits per heavy atom. The van der Waals surface area contributed by atoms with Crippen molar-refractivity contribution in [3.8, 4) is 11.3 Å². The molecule has 4 nitrogen and oxygen atoms in total. The molecule has 3 aromatic rings. The summed E-state index contributed by atoms with van der Waals surface area (Å²) in [5, 5.41) is 1.09. The molecule has 0 spiro atoms. The van der Waals surface area contributed by atoms with Crippen molar-refractivity contribution < 1.29 is 9.21 Å². The number of amides is 1. The third-order valence-electron chi connectivity index (χ3n) is 3.79. The largest absolute Gasteiger partial charge is 0.457 e. The van der Waals surface area contributed by atoms with Crippen LogP contribution in [0.4, 0.5) is 5.69 Å². The van der Waals surface area contributed by atoms with Crippen LogP contribution in [0.15, 0.2) is 64.2 Å². The summed E-state index contributed by atoms with van der Waals surface area (Å²) in [5.41, 5.74) is 1.32. The van der Waals surface area contributed by atoms with Crippen LogP contribution in [0.2, 0.25) is 10.0 Å². The van der Waals surface area contributed by atoms with Crippen LogP contribution in [0.25, 0.3) is 17.4 Å². The summed E-state index contributed by atoms with van der Waals surface area (Å²) < 4.78 is 6.28. The Morgan fingerprint density at radius 2 is 2.04 bits per heavy atom. The number of anilines is 1. The van der Waals surface area contributed by atoms with Gasteiger partial charge in [-0.2, -0.15) is 0 Å². The van der Waals surface area contributed by atoms with Crippen molar-refractivity contribution >= 4 is 69.2 Å². The summed E-state index contributed by atoms with van der Waals surface area (Å²) in [6.07, 6.45) is 4.90.